The number of nitrogens with zero attached hydrogens (tertiary/aromatic N) is 3. The molecule has 7 heteroatoms. The first-order valence-corrected chi connectivity index (χ1v) is 7.86. The van der Waals surface area contributed by atoms with E-state index >= 15 is 0 Å². The highest BCUT2D eigenvalue weighted by atomic mass is 16.5. The zero-order valence-electron chi connectivity index (χ0n) is 13.0. The van der Waals surface area contributed by atoms with Crippen LogP contribution in [-0.4, -0.2) is 44.6 Å². The topological polar surface area (TPSA) is 96.5 Å². The molecule has 0 spiro atoms. The van der Waals surface area contributed by atoms with Crippen molar-refractivity contribution < 1.29 is 19.2 Å². The summed E-state index contributed by atoms with van der Waals surface area (Å²) in [5.41, 5.74) is 0. The molecule has 1 fully saturated rings. The van der Waals surface area contributed by atoms with Crippen molar-refractivity contribution in [3.63, 3.8) is 0 Å². The second kappa shape index (κ2) is 7.91. The molecule has 0 bridgehead atoms. The summed E-state index contributed by atoms with van der Waals surface area (Å²) in [7, 11) is 0. The monoisotopic (exact) mass is 309 g/mol. The van der Waals surface area contributed by atoms with Crippen LogP contribution in [0.25, 0.3) is 0 Å². The highest BCUT2D eigenvalue weighted by Gasteiger charge is 2.26. The maximum absolute atomic E-state index is 12.4. The van der Waals surface area contributed by atoms with Crippen molar-refractivity contribution in [3.8, 4) is 0 Å². The van der Waals surface area contributed by atoms with E-state index < -0.39 is 5.97 Å². The van der Waals surface area contributed by atoms with E-state index in [2.05, 4.69) is 10.1 Å². The Morgan fingerprint density at radius 1 is 1.36 bits per heavy atom. The first kappa shape index (κ1) is 16.5. The third-order valence-corrected chi connectivity index (χ3v) is 3.99. The minimum Gasteiger partial charge on any atom is -0.481 e. The van der Waals surface area contributed by atoms with E-state index in [0.29, 0.717) is 37.4 Å². The number of piperidine rings is 1. The first-order chi connectivity index (χ1) is 10.6. The highest BCUT2D eigenvalue weighted by Crippen LogP contribution is 2.22. The summed E-state index contributed by atoms with van der Waals surface area (Å²) in [5.74, 6) is 0.466. The van der Waals surface area contributed by atoms with Gasteiger partial charge in [-0.3, -0.25) is 9.59 Å². The normalized spacial score (nSPS) is 18.4. The molecule has 2 rings (SSSR count). The summed E-state index contributed by atoms with van der Waals surface area (Å²) in [4.78, 5) is 29.1. The molecule has 2 heterocycles. The van der Waals surface area contributed by atoms with E-state index in [-0.39, 0.29) is 18.4 Å². The third-order valence-electron chi connectivity index (χ3n) is 3.99. The van der Waals surface area contributed by atoms with Crippen molar-refractivity contribution >= 4 is 11.9 Å². The van der Waals surface area contributed by atoms with Gasteiger partial charge in [0.2, 0.25) is 11.8 Å². The van der Waals surface area contributed by atoms with Gasteiger partial charge < -0.3 is 14.5 Å². The van der Waals surface area contributed by atoms with Crippen LogP contribution in [0.3, 0.4) is 0 Å². The van der Waals surface area contributed by atoms with Crippen LogP contribution in [0, 0.1) is 6.92 Å². The number of carboxylic acid groups (broad SMARTS) is 1. The maximum atomic E-state index is 12.4. The fraction of sp³-hybridized carbons (Fsp3) is 0.733. The van der Waals surface area contributed by atoms with Crippen molar-refractivity contribution in [3.05, 3.63) is 11.7 Å². The van der Waals surface area contributed by atoms with Gasteiger partial charge in [0.1, 0.15) is 0 Å². The Labute approximate surface area is 129 Å². The summed E-state index contributed by atoms with van der Waals surface area (Å²) >= 11 is 0. The van der Waals surface area contributed by atoms with Crippen LogP contribution in [0.4, 0.5) is 0 Å². The SMILES string of the molecule is Cc1noc(CCCC(=O)N2CCCCC2CCC(=O)O)n1. The molecule has 0 aliphatic carbocycles. The lowest BCUT2D eigenvalue weighted by atomic mass is 9.97. The number of amides is 1. The molecule has 122 valence electrons. The van der Waals surface area contributed by atoms with E-state index in [0.717, 1.165) is 25.8 Å². The fourth-order valence-electron chi connectivity index (χ4n) is 2.90. The van der Waals surface area contributed by atoms with Crippen molar-refractivity contribution in [1.29, 1.82) is 0 Å². The van der Waals surface area contributed by atoms with E-state index in [9.17, 15) is 9.59 Å². The minimum atomic E-state index is -0.801. The number of hydrogen-bond donors (Lipinski definition) is 1. The number of hydrogen-bond acceptors (Lipinski definition) is 5. The number of rotatable bonds is 7. The smallest absolute Gasteiger partial charge is 0.303 e. The number of aromatic nitrogens is 2. The van der Waals surface area contributed by atoms with Gasteiger partial charge in [0, 0.05) is 31.8 Å². The quantitative estimate of drug-likeness (QED) is 0.827. The van der Waals surface area contributed by atoms with Crippen molar-refractivity contribution in [1.82, 2.24) is 15.0 Å². The lowest BCUT2D eigenvalue weighted by molar-refractivity contribution is -0.140. The molecule has 1 aromatic rings. The number of aryl methyl sites for hydroxylation is 2. The van der Waals surface area contributed by atoms with Gasteiger partial charge >= 0.3 is 5.97 Å². The number of carboxylic acids is 1. The van der Waals surface area contributed by atoms with E-state index in [1.54, 1.807) is 6.92 Å². The molecule has 1 aromatic heterocycles. The molecule has 0 radical (unpaired) electrons. The fourth-order valence-corrected chi connectivity index (χ4v) is 2.90. The van der Waals surface area contributed by atoms with Gasteiger partial charge in [-0.15, -0.1) is 0 Å². The second-order valence-electron chi connectivity index (χ2n) is 5.76. The largest absolute Gasteiger partial charge is 0.481 e. The lowest BCUT2D eigenvalue weighted by Gasteiger charge is -2.35. The minimum absolute atomic E-state index is 0.0722. The zero-order valence-corrected chi connectivity index (χ0v) is 13.0. The van der Waals surface area contributed by atoms with Crippen molar-refractivity contribution in [2.24, 2.45) is 0 Å². The predicted molar refractivity (Wildman–Crippen MR) is 78.2 cm³/mol. The zero-order chi connectivity index (χ0) is 15.9. The Bertz CT molecular complexity index is 515. The molecule has 1 saturated heterocycles. The summed E-state index contributed by atoms with van der Waals surface area (Å²) in [5, 5.41) is 12.5. The second-order valence-corrected chi connectivity index (χ2v) is 5.76. The molecule has 1 amide bonds. The predicted octanol–water partition coefficient (Wildman–Crippen LogP) is 1.95. The highest BCUT2D eigenvalue weighted by molar-refractivity contribution is 5.76. The molecule has 1 aliphatic rings. The number of aliphatic carboxylic acids is 1. The molecular weight excluding hydrogens is 286 g/mol. The summed E-state index contributed by atoms with van der Waals surface area (Å²) in [6, 6.07) is 0.0722. The van der Waals surface area contributed by atoms with Crippen LogP contribution >= 0.6 is 0 Å². The van der Waals surface area contributed by atoms with Gasteiger partial charge in [-0.05, 0) is 39.0 Å². The molecule has 1 aliphatic heterocycles. The average Bonchev–Trinajstić information content (AvgIpc) is 2.91. The van der Waals surface area contributed by atoms with Crippen molar-refractivity contribution in [2.45, 2.75) is 64.3 Å². The molecule has 1 N–H and O–H groups in total. The Kier molecular flexibility index (Phi) is 5.91. The van der Waals surface area contributed by atoms with Gasteiger partial charge in [-0.1, -0.05) is 5.16 Å². The van der Waals surface area contributed by atoms with Gasteiger partial charge in [0.15, 0.2) is 5.82 Å². The van der Waals surface area contributed by atoms with Crippen LogP contribution in [-0.2, 0) is 16.0 Å². The van der Waals surface area contributed by atoms with Crippen LogP contribution in [0.1, 0.15) is 56.7 Å². The molecule has 0 saturated carbocycles. The Hall–Kier alpha value is -1.92. The molecule has 22 heavy (non-hydrogen) atoms. The third kappa shape index (κ3) is 4.82. The van der Waals surface area contributed by atoms with Crippen LogP contribution in [0.15, 0.2) is 4.52 Å². The van der Waals surface area contributed by atoms with E-state index in [1.807, 2.05) is 4.90 Å². The van der Waals surface area contributed by atoms with Gasteiger partial charge in [-0.2, -0.15) is 4.98 Å². The van der Waals surface area contributed by atoms with Gasteiger partial charge in [0.25, 0.3) is 0 Å². The van der Waals surface area contributed by atoms with Crippen LogP contribution < -0.4 is 0 Å². The first-order valence-electron chi connectivity index (χ1n) is 7.86. The standard InChI is InChI=1S/C15H23N3O4/c1-11-16-13(22-17-11)6-4-7-14(19)18-10-3-2-5-12(18)8-9-15(20)21/h12H,2-10H2,1H3,(H,20,21). The molecule has 1 atom stereocenters. The van der Waals surface area contributed by atoms with Gasteiger partial charge in [0.05, 0.1) is 0 Å². The molecule has 1 unspecified atom stereocenters. The summed E-state index contributed by atoms with van der Waals surface area (Å²) in [6.45, 7) is 2.50. The Morgan fingerprint density at radius 3 is 2.86 bits per heavy atom. The van der Waals surface area contributed by atoms with E-state index in [1.165, 1.54) is 0 Å². The average molecular weight is 309 g/mol. The summed E-state index contributed by atoms with van der Waals surface area (Å²) < 4.78 is 5.03. The number of likely N-dealkylation sites (tertiary alicyclic amines) is 1. The Morgan fingerprint density at radius 2 is 2.18 bits per heavy atom. The molecule has 0 aromatic carbocycles. The van der Waals surface area contributed by atoms with Crippen LogP contribution in [0.2, 0.25) is 0 Å². The van der Waals surface area contributed by atoms with Gasteiger partial charge in [-0.25, -0.2) is 0 Å². The summed E-state index contributed by atoms with van der Waals surface area (Å²) in [6.07, 6.45) is 5.34. The number of carbonyl (C=O) groups is 2. The lowest BCUT2D eigenvalue weighted by Crippen LogP contribution is -2.43. The van der Waals surface area contributed by atoms with Crippen LogP contribution in [0.5, 0.6) is 0 Å². The number of carbonyl (C=O) groups excluding carboxylic acids is 1. The maximum Gasteiger partial charge on any atom is 0.303 e. The van der Waals surface area contributed by atoms with E-state index in [4.69, 9.17) is 9.63 Å². The molecular formula is C15H23N3O4. The van der Waals surface area contributed by atoms with Crippen molar-refractivity contribution in [2.75, 3.05) is 6.54 Å². The Balaban J connectivity index is 1.79. The molecule has 7 nitrogen and oxygen atoms in total.